The summed E-state index contributed by atoms with van der Waals surface area (Å²) in [6.45, 7) is 0. The van der Waals surface area contributed by atoms with Crippen molar-refractivity contribution in [3.8, 4) is 0 Å². The molecule has 3 nitrogen and oxygen atoms in total. The van der Waals surface area contributed by atoms with E-state index in [0.717, 1.165) is 43.5 Å². The van der Waals surface area contributed by atoms with Crippen LogP contribution in [-0.2, 0) is 5.41 Å². The van der Waals surface area contributed by atoms with Crippen LogP contribution >= 0.6 is 0 Å². The molecule has 0 amide bonds. The number of hydrogen-bond acceptors (Lipinski definition) is 3. The number of anilines is 3. The van der Waals surface area contributed by atoms with E-state index in [9.17, 15) is 5.41 Å². The molecular weight excluding hydrogens is 787 g/mol. The molecule has 6 aliphatic carbocycles. The van der Waals surface area contributed by atoms with Crippen molar-refractivity contribution < 1.29 is 0 Å². The molecule has 2 N–H and O–H groups in total. The zero-order valence-corrected chi connectivity index (χ0v) is 36.8. The van der Waals surface area contributed by atoms with Gasteiger partial charge in [-0.05, 0) is 101 Å². The van der Waals surface area contributed by atoms with Gasteiger partial charge in [0, 0.05) is 52.0 Å². The Labute approximate surface area is 384 Å². The van der Waals surface area contributed by atoms with Gasteiger partial charge in [-0.1, -0.05) is 194 Å². The van der Waals surface area contributed by atoms with E-state index in [-0.39, 0.29) is 35.1 Å². The number of fused-ring (bicyclic) bond motifs is 9. The standard InChI is InChI=1S/C62H55N3/c63-59(44-23-7-3-8-24-44)58(42-21-5-1-2-6-22-42)61-51-31-14-13-30-50(51)57(60(64-61)45-25-9-4-10-26-45)43-37-39-48(40-38-43)65-55-35-19-17-33-53(55)62(54-34-18-20-36-56(54)65)47-28-12-11-27-46(41-47)49-29-15-16-32-52(49)62/h1-12,14-20,23,25-29,31-42,44,47,49,52,58,61,63-64H,13,21-22,24,30H2. The maximum Gasteiger partial charge on any atom is 0.0600 e. The van der Waals surface area contributed by atoms with Gasteiger partial charge in [-0.15, -0.1) is 0 Å². The van der Waals surface area contributed by atoms with Gasteiger partial charge in [0.15, 0.2) is 0 Å². The molecule has 8 aliphatic rings. The average Bonchev–Trinajstić information content (AvgIpc) is 3.79. The van der Waals surface area contributed by atoms with Crippen LogP contribution in [0.4, 0.5) is 17.1 Å². The highest BCUT2D eigenvalue weighted by molar-refractivity contribution is 6.01. The Hall–Kier alpha value is -6.97. The second-order valence-electron chi connectivity index (χ2n) is 18.9. The van der Waals surface area contributed by atoms with E-state index in [1.54, 1.807) is 0 Å². The van der Waals surface area contributed by atoms with Crippen LogP contribution in [0, 0.1) is 40.9 Å². The van der Waals surface area contributed by atoms with Crippen molar-refractivity contribution in [3.63, 3.8) is 0 Å². The van der Waals surface area contributed by atoms with Crippen LogP contribution in [0.1, 0.15) is 54.4 Å². The molecular formula is C62H55N3. The van der Waals surface area contributed by atoms with Gasteiger partial charge in [-0.25, -0.2) is 0 Å². The quantitative estimate of drug-likeness (QED) is 0.182. The van der Waals surface area contributed by atoms with Gasteiger partial charge in [-0.2, -0.15) is 0 Å². The summed E-state index contributed by atoms with van der Waals surface area (Å²) in [5, 5.41) is 14.2. The summed E-state index contributed by atoms with van der Waals surface area (Å²) < 4.78 is 0. The largest absolute Gasteiger partial charge is 0.377 e. The lowest BCUT2D eigenvalue weighted by molar-refractivity contribution is 0.267. The first-order chi connectivity index (χ1) is 32.2. The van der Waals surface area contributed by atoms with Crippen molar-refractivity contribution >= 4 is 34.0 Å². The summed E-state index contributed by atoms with van der Waals surface area (Å²) in [6, 6.07) is 38.8. The smallest absolute Gasteiger partial charge is 0.0600 e. The number of allylic oxidation sites excluding steroid dienone is 21. The molecule has 1 spiro atoms. The molecule has 0 radical (unpaired) electrons. The van der Waals surface area contributed by atoms with Crippen molar-refractivity contribution in [1.82, 2.24) is 5.32 Å². The molecule has 6 atom stereocenters. The number of hydrogen-bond donors (Lipinski definition) is 2. The van der Waals surface area contributed by atoms with Gasteiger partial charge in [0.25, 0.3) is 0 Å². The van der Waals surface area contributed by atoms with Crippen LogP contribution in [0.3, 0.4) is 0 Å². The van der Waals surface area contributed by atoms with E-state index in [2.05, 4.69) is 229 Å². The van der Waals surface area contributed by atoms with E-state index in [1.807, 2.05) is 0 Å². The van der Waals surface area contributed by atoms with Crippen molar-refractivity contribution in [2.24, 2.45) is 35.5 Å². The van der Waals surface area contributed by atoms with Crippen molar-refractivity contribution in [3.05, 3.63) is 258 Å². The minimum atomic E-state index is -0.278. The third kappa shape index (κ3) is 6.50. The van der Waals surface area contributed by atoms with E-state index in [0.29, 0.717) is 11.8 Å². The lowest BCUT2D eigenvalue weighted by atomic mass is 9.50. The second-order valence-corrected chi connectivity index (χ2v) is 18.9. The van der Waals surface area contributed by atoms with Crippen LogP contribution in [-0.4, -0.2) is 11.8 Å². The number of nitrogens with one attached hydrogen (secondary N) is 2. The van der Waals surface area contributed by atoms with Crippen LogP contribution in [0.5, 0.6) is 0 Å². The molecule has 0 saturated heterocycles. The third-order valence-electron chi connectivity index (χ3n) is 15.6. The zero-order chi connectivity index (χ0) is 43.3. The molecule has 4 aromatic carbocycles. The van der Waals surface area contributed by atoms with Gasteiger partial charge in [0.1, 0.15) is 0 Å². The molecule has 318 valence electrons. The van der Waals surface area contributed by atoms with Crippen molar-refractivity contribution in [1.29, 1.82) is 5.41 Å². The number of dihydropyridines is 1. The molecule has 2 bridgehead atoms. The minimum Gasteiger partial charge on any atom is -0.377 e. The summed E-state index contributed by atoms with van der Waals surface area (Å²) in [5.74, 6) is 1.20. The Morgan fingerprint density at radius 1 is 0.631 bits per heavy atom. The molecule has 3 heteroatoms. The van der Waals surface area contributed by atoms with E-state index < -0.39 is 0 Å². The summed E-state index contributed by atoms with van der Waals surface area (Å²) >= 11 is 0. The molecule has 2 aliphatic heterocycles. The number of nitrogens with zero attached hydrogens (tertiary/aromatic N) is 1. The highest BCUT2D eigenvalue weighted by atomic mass is 15.2. The fraction of sp³-hybridized carbons (Fsp3) is 0.210. The summed E-state index contributed by atoms with van der Waals surface area (Å²) in [6.07, 6.45) is 48.5. The monoisotopic (exact) mass is 841 g/mol. The number of benzene rings is 4. The lowest BCUT2D eigenvalue weighted by Gasteiger charge is -2.55. The molecule has 12 rings (SSSR count). The molecule has 2 heterocycles. The first-order valence-corrected chi connectivity index (χ1v) is 23.9. The molecule has 0 aromatic heterocycles. The van der Waals surface area contributed by atoms with Gasteiger partial charge in [0.05, 0.1) is 23.1 Å². The van der Waals surface area contributed by atoms with Crippen LogP contribution in [0.2, 0.25) is 0 Å². The minimum absolute atomic E-state index is 0.0212. The topological polar surface area (TPSA) is 39.1 Å². The maximum absolute atomic E-state index is 10.00. The fourth-order valence-electron chi connectivity index (χ4n) is 12.8. The molecule has 0 saturated carbocycles. The zero-order valence-electron chi connectivity index (χ0n) is 36.8. The summed E-state index contributed by atoms with van der Waals surface area (Å²) in [7, 11) is 0. The van der Waals surface area contributed by atoms with Crippen LogP contribution < -0.4 is 10.2 Å². The Kier molecular flexibility index (Phi) is 10.1. The first-order valence-electron chi connectivity index (χ1n) is 23.9. The Morgan fingerprint density at radius 2 is 1.31 bits per heavy atom. The van der Waals surface area contributed by atoms with Crippen LogP contribution in [0.15, 0.2) is 235 Å². The van der Waals surface area contributed by atoms with Gasteiger partial charge < -0.3 is 15.6 Å². The second kappa shape index (κ2) is 16.5. The van der Waals surface area contributed by atoms with Gasteiger partial charge >= 0.3 is 0 Å². The summed E-state index contributed by atoms with van der Waals surface area (Å²) in [5.41, 5.74) is 16.0. The molecule has 0 fully saturated rings. The van der Waals surface area contributed by atoms with Crippen LogP contribution in [0.25, 0.3) is 11.3 Å². The van der Waals surface area contributed by atoms with Gasteiger partial charge in [0.2, 0.25) is 0 Å². The number of rotatable bonds is 7. The predicted molar refractivity (Wildman–Crippen MR) is 271 cm³/mol. The SMILES string of the molecule is N=C(C1C=CC=CC1)C(C1CC=CC=CC1)C1NC(c2ccccc2)=C(c2ccc(N3c4ccccc4C4(c5ccccc53)C3C=CC=CC(=C3)C3C=CC=CC34)cc2)C2=C1C=CCC2. The fourth-order valence-corrected chi connectivity index (χ4v) is 12.8. The lowest BCUT2D eigenvalue weighted by Crippen LogP contribution is -2.50. The highest BCUT2D eigenvalue weighted by Gasteiger charge is 2.56. The first kappa shape index (κ1) is 39.6. The molecule has 4 aromatic rings. The normalized spacial score (nSPS) is 25.9. The maximum atomic E-state index is 10.00. The van der Waals surface area contributed by atoms with Crippen molar-refractivity contribution in [2.75, 3.05) is 4.90 Å². The number of para-hydroxylation sites is 2. The van der Waals surface area contributed by atoms with E-state index >= 15 is 0 Å². The van der Waals surface area contributed by atoms with E-state index in [1.165, 1.54) is 61.6 Å². The Morgan fingerprint density at radius 3 is 2.06 bits per heavy atom. The third-order valence-corrected chi connectivity index (χ3v) is 15.6. The van der Waals surface area contributed by atoms with Crippen molar-refractivity contribution in [2.45, 2.75) is 43.6 Å². The Balaban J connectivity index is 0.983. The Bertz CT molecular complexity index is 2870. The summed E-state index contributed by atoms with van der Waals surface area (Å²) in [4.78, 5) is 2.52. The average molecular weight is 842 g/mol. The van der Waals surface area contributed by atoms with Gasteiger partial charge in [-0.3, -0.25) is 0 Å². The molecule has 6 unspecified atom stereocenters. The predicted octanol–water partition coefficient (Wildman–Crippen LogP) is 14.6. The highest BCUT2D eigenvalue weighted by Crippen LogP contribution is 2.63. The molecule has 65 heavy (non-hydrogen) atoms. The van der Waals surface area contributed by atoms with E-state index in [4.69, 9.17) is 0 Å².